The Morgan fingerprint density at radius 2 is 0.972 bits per heavy atom. The molecular formula is C28H42N4O4. The monoisotopic (exact) mass is 498 g/mol. The Bertz CT molecular complexity index is 852. The maximum absolute atomic E-state index is 12.3. The molecule has 2 unspecified atom stereocenters. The van der Waals surface area contributed by atoms with Gasteiger partial charge in [0.1, 0.15) is 11.5 Å². The third-order valence-corrected chi connectivity index (χ3v) is 6.02. The van der Waals surface area contributed by atoms with Crippen LogP contribution in [0.2, 0.25) is 0 Å². The van der Waals surface area contributed by atoms with Crippen molar-refractivity contribution in [2.24, 2.45) is 11.8 Å². The minimum atomic E-state index is -0.110. The molecule has 0 aromatic heterocycles. The number of benzene rings is 2. The smallest absolute Gasteiger partial charge is 0.234 e. The Balaban J connectivity index is 1.70. The summed E-state index contributed by atoms with van der Waals surface area (Å²) < 4.78 is 10.4. The predicted octanol–water partition coefficient (Wildman–Crippen LogP) is 3.21. The lowest BCUT2D eigenvalue weighted by Crippen LogP contribution is -2.42. The van der Waals surface area contributed by atoms with Crippen molar-refractivity contribution < 1.29 is 19.1 Å². The Kier molecular flexibility index (Phi) is 12.2. The van der Waals surface area contributed by atoms with Crippen molar-refractivity contribution in [2.75, 3.05) is 40.4 Å². The van der Waals surface area contributed by atoms with Crippen LogP contribution in [0, 0.1) is 11.8 Å². The van der Waals surface area contributed by atoms with E-state index in [1.807, 2.05) is 48.5 Å². The van der Waals surface area contributed by atoms with Crippen LogP contribution in [-0.2, 0) is 9.59 Å². The van der Waals surface area contributed by atoms with Crippen molar-refractivity contribution >= 4 is 11.8 Å². The summed E-state index contributed by atoms with van der Waals surface area (Å²) in [4.78, 5) is 24.6. The van der Waals surface area contributed by atoms with E-state index in [0.29, 0.717) is 24.9 Å². The molecule has 2 atom stereocenters. The number of rotatable bonds is 15. The van der Waals surface area contributed by atoms with Crippen LogP contribution in [0.1, 0.15) is 50.9 Å². The summed E-state index contributed by atoms with van der Waals surface area (Å²) in [5.74, 6) is 2.01. The van der Waals surface area contributed by atoms with E-state index in [9.17, 15) is 9.59 Å². The second-order valence-electron chi connectivity index (χ2n) is 9.45. The van der Waals surface area contributed by atoms with E-state index < -0.39 is 0 Å². The largest absolute Gasteiger partial charge is 0.497 e. The highest BCUT2D eigenvalue weighted by Gasteiger charge is 2.18. The van der Waals surface area contributed by atoms with Gasteiger partial charge in [-0.25, -0.2) is 0 Å². The van der Waals surface area contributed by atoms with E-state index in [2.05, 4.69) is 49.0 Å². The molecule has 0 aliphatic heterocycles. The van der Waals surface area contributed by atoms with E-state index >= 15 is 0 Å². The fraction of sp³-hybridized carbons (Fsp3) is 0.500. The summed E-state index contributed by atoms with van der Waals surface area (Å²) in [6.07, 6.45) is 0. The maximum atomic E-state index is 12.3. The Morgan fingerprint density at radius 1 is 0.639 bits per heavy atom. The predicted molar refractivity (Wildman–Crippen MR) is 143 cm³/mol. The molecule has 4 N–H and O–H groups in total. The molecule has 0 radical (unpaired) electrons. The second-order valence-corrected chi connectivity index (χ2v) is 9.45. The van der Waals surface area contributed by atoms with E-state index in [-0.39, 0.29) is 37.0 Å². The maximum Gasteiger partial charge on any atom is 0.234 e. The molecule has 2 rings (SSSR count). The minimum absolute atomic E-state index is 0.0482. The molecule has 0 saturated heterocycles. The Morgan fingerprint density at radius 3 is 1.25 bits per heavy atom. The number of amides is 2. The third kappa shape index (κ3) is 9.51. The number of methoxy groups -OCH3 is 2. The zero-order valence-corrected chi connectivity index (χ0v) is 22.4. The van der Waals surface area contributed by atoms with Gasteiger partial charge in [0, 0.05) is 25.2 Å². The summed E-state index contributed by atoms with van der Waals surface area (Å²) in [5.41, 5.74) is 2.21. The fourth-order valence-electron chi connectivity index (χ4n) is 4.03. The fourth-order valence-corrected chi connectivity index (χ4v) is 4.03. The number of nitrogens with one attached hydrogen (secondary N) is 4. The van der Waals surface area contributed by atoms with Crippen LogP contribution in [0.15, 0.2) is 48.5 Å². The lowest BCUT2D eigenvalue weighted by Gasteiger charge is -2.23. The lowest BCUT2D eigenvalue weighted by molar-refractivity contribution is -0.122. The standard InChI is InChI=1S/C28H42N4O4/c1-19(2)27(21-7-11-23(35-5)12-8-21)31-17-25(33)29-15-16-30-26(34)18-32-28(20(3)4)22-9-13-24(36-6)14-10-22/h7-14,19-20,27-28,31-32H,15-18H2,1-6H3,(H,29,33)(H,30,34). The molecule has 0 spiro atoms. The SMILES string of the molecule is COc1ccc(C(NCC(=O)NCCNC(=O)CNC(c2ccc(OC)cc2)C(C)C)C(C)C)cc1. The molecule has 0 bridgehead atoms. The van der Waals surface area contributed by atoms with Gasteiger partial charge in [0.25, 0.3) is 0 Å². The van der Waals surface area contributed by atoms with Crippen LogP contribution in [0.4, 0.5) is 0 Å². The topological polar surface area (TPSA) is 101 Å². The van der Waals surface area contributed by atoms with Crippen LogP contribution in [0.3, 0.4) is 0 Å². The average Bonchev–Trinajstić information content (AvgIpc) is 2.87. The molecule has 8 nitrogen and oxygen atoms in total. The van der Waals surface area contributed by atoms with Crippen LogP contribution >= 0.6 is 0 Å². The van der Waals surface area contributed by atoms with Gasteiger partial charge in [-0.1, -0.05) is 52.0 Å². The van der Waals surface area contributed by atoms with Gasteiger partial charge in [-0.15, -0.1) is 0 Å². The van der Waals surface area contributed by atoms with Gasteiger partial charge < -0.3 is 30.7 Å². The summed E-state index contributed by atoms with van der Waals surface area (Å²) in [7, 11) is 3.28. The highest BCUT2D eigenvalue weighted by Crippen LogP contribution is 2.24. The highest BCUT2D eigenvalue weighted by atomic mass is 16.5. The molecule has 0 fully saturated rings. The molecule has 36 heavy (non-hydrogen) atoms. The zero-order chi connectivity index (χ0) is 26.5. The first-order valence-corrected chi connectivity index (χ1v) is 12.5. The lowest BCUT2D eigenvalue weighted by atomic mass is 9.96. The van der Waals surface area contributed by atoms with Gasteiger partial charge in [0.05, 0.1) is 27.3 Å². The van der Waals surface area contributed by atoms with Crippen molar-refractivity contribution in [3.8, 4) is 11.5 Å². The van der Waals surface area contributed by atoms with Gasteiger partial charge in [0.2, 0.25) is 11.8 Å². The number of hydrogen-bond acceptors (Lipinski definition) is 6. The van der Waals surface area contributed by atoms with Crippen LogP contribution < -0.4 is 30.7 Å². The second kappa shape index (κ2) is 15.1. The number of carbonyl (C=O) groups excluding carboxylic acids is 2. The summed E-state index contributed by atoms with van der Waals surface area (Å²) in [6, 6.07) is 15.8. The Hall–Kier alpha value is -3.10. The van der Waals surface area contributed by atoms with E-state index in [1.54, 1.807) is 14.2 Å². The van der Waals surface area contributed by atoms with E-state index in [0.717, 1.165) is 22.6 Å². The highest BCUT2D eigenvalue weighted by molar-refractivity contribution is 5.79. The van der Waals surface area contributed by atoms with Gasteiger partial charge in [-0.05, 0) is 47.2 Å². The van der Waals surface area contributed by atoms with Crippen LogP contribution in [-0.4, -0.2) is 52.2 Å². The molecule has 0 saturated carbocycles. The molecule has 0 heterocycles. The van der Waals surface area contributed by atoms with Crippen LogP contribution in [0.5, 0.6) is 11.5 Å². The molecule has 2 aromatic rings. The molecule has 8 heteroatoms. The molecule has 0 aliphatic carbocycles. The van der Waals surface area contributed by atoms with Crippen molar-refractivity contribution in [3.05, 3.63) is 59.7 Å². The van der Waals surface area contributed by atoms with Crippen molar-refractivity contribution in [3.63, 3.8) is 0 Å². The number of ether oxygens (including phenoxy) is 2. The third-order valence-electron chi connectivity index (χ3n) is 6.02. The number of carbonyl (C=O) groups is 2. The van der Waals surface area contributed by atoms with Crippen molar-refractivity contribution in [2.45, 2.75) is 39.8 Å². The molecular weight excluding hydrogens is 456 g/mol. The normalized spacial score (nSPS) is 12.8. The van der Waals surface area contributed by atoms with Gasteiger partial charge >= 0.3 is 0 Å². The quantitative estimate of drug-likeness (QED) is 0.282. The van der Waals surface area contributed by atoms with Crippen molar-refractivity contribution in [1.29, 1.82) is 0 Å². The van der Waals surface area contributed by atoms with Crippen LogP contribution in [0.25, 0.3) is 0 Å². The summed E-state index contributed by atoms with van der Waals surface area (Å²) in [6.45, 7) is 9.58. The molecule has 2 amide bonds. The molecule has 2 aromatic carbocycles. The van der Waals surface area contributed by atoms with Gasteiger partial charge in [-0.2, -0.15) is 0 Å². The Labute approximate surface area is 215 Å². The summed E-state index contributed by atoms with van der Waals surface area (Å²) in [5, 5.41) is 12.4. The van der Waals surface area contributed by atoms with Gasteiger partial charge in [0.15, 0.2) is 0 Å². The molecule has 198 valence electrons. The minimum Gasteiger partial charge on any atom is -0.497 e. The zero-order valence-electron chi connectivity index (χ0n) is 22.4. The molecule has 0 aliphatic rings. The van der Waals surface area contributed by atoms with E-state index in [4.69, 9.17) is 9.47 Å². The van der Waals surface area contributed by atoms with Crippen molar-refractivity contribution in [1.82, 2.24) is 21.3 Å². The first-order valence-electron chi connectivity index (χ1n) is 12.5. The van der Waals surface area contributed by atoms with E-state index in [1.165, 1.54) is 0 Å². The number of hydrogen-bond donors (Lipinski definition) is 4. The summed E-state index contributed by atoms with van der Waals surface area (Å²) >= 11 is 0. The first kappa shape index (κ1) is 29.1. The first-order chi connectivity index (χ1) is 17.2. The average molecular weight is 499 g/mol. The van der Waals surface area contributed by atoms with Gasteiger partial charge in [-0.3, -0.25) is 9.59 Å².